The molecule has 0 bridgehead atoms. The summed E-state index contributed by atoms with van der Waals surface area (Å²) in [4.78, 5) is 21.3. The number of carbonyl (C=O) groups excluding carboxylic acids is 1. The summed E-state index contributed by atoms with van der Waals surface area (Å²) in [6, 6.07) is 8.22. The van der Waals surface area contributed by atoms with Gasteiger partial charge in [-0.3, -0.25) is 9.79 Å². The van der Waals surface area contributed by atoms with Crippen LogP contribution in [0.1, 0.15) is 32.1 Å². The fourth-order valence-corrected chi connectivity index (χ4v) is 4.17. The highest BCUT2D eigenvalue weighted by molar-refractivity contribution is 14.0. The highest BCUT2D eigenvalue weighted by Gasteiger charge is 2.21. The third-order valence-electron chi connectivity index (χ3n) is 5.91. The molecule has 0 radical (unpaired) electrons. The lowest BCUT2D eigenvalue weighted by Gasteiger charge is -2.37. The van der Waals surface area contributed by atoms with E-state index in [1.54, 1.807) is 7.11 Å². The molecule has 2 fully saturated rings. The molecule has 1 aromatic carbocycles. The Balaban J connectivity index is 0.00000320. The zero-order valence-electron chi connectivity index (χ0n) is 18.2. The molecule has 1 saturated heterocycles. The first kappa shape index (κ1) is 24.6. The molecule has 168 valence electrons. The van der Waals surface area contributed by atoms with Gasteiger partial charge in [0.05, 0.1) is 7.11 Å². The van der Waals surface area contributed by atoms with Gasteiger partial charge in [-0.05, 0) is 37.1 Å². The van der Waals surface area contributed by atoms with Crippen LogP contribution in [0, 0.1) is 5.92 Å². The highest BCUT2D eigenvalue weighted by atomic mass is 127. The Morgan fingerprint density at radius 2 is 1.67 bits per heavy atom. The fourth-order valence-electron chi connectivity index (χ4n) is 4.17. The largest absolute Gasteiger partial charge is 0.497 e. The van der Waals surface area contributed by atoms with Crippen LogP contribution < -0.4 is 20.3 Å². The Bertz CT molecular complexity index is 669. The fraction of sp³-hybridized carbons (Fsp3) is 0.636. The number of hydrogen-bond acceptors (Lipinski definition) is 4. The number of hydrogen-bond donors (Lipinski definition) is 2. The minimum atomic E-state index is 0. The van der Waals surface area contributed by atoms with E-state index in [1.807, 2.05) is 19.2 Å². The summed E-state index contributed by atoms with van der Waals surface area (Å²) in [6.45, 7) is 5.07. The van der Waals surface area contributed by atoms with Gasteiger partial charge in [-0.2, -0.15) is 0 Å². The molecule has 1 amide bonds. The van der Waals surface area contributed by atoms with Crippen LogP contribution >= 0.6 is 24.0 Å². The first-order valence-corrected chi connectivity index (χ1v) is 10.8. The predicted molar refractivity (Wildman–Crippen MR) is 133 cm³/mol. The van der Waals surface area contributed by atoms with E-state index >= 15 is 0 Å². The van der Waals surface area contributed by atoms with Crippen molar-refractivity contribution in [2.45, 2.75) is 32.1 Å². The van der Waals surface area contributed by atoms with Crippen LogP contribution in [-0.4, -0.2) is 70.2 Å². The van der Waals surface area contributed by atoms with E-state index in [1.165, 1.54) is 24.9 Å². The second-order valence-electron chi connectivity index (χ2n) is 7.77. The SMILES string of the molecule is CN=C(NCCNC(=O)C1CCCCC1)N1CCN(c2ccc(OC)cc2)CC1.I. The van der Waals surface area contributed by atoms with Crippen LogP contribution in [0.2, 0.25) is 0 Å². The summed E-state index contributed by atoms with van der Waals surface area (Å²) in [6.07, 6.45) is 5.73. The molecule has 30 heavy (non-hydrogen) atoms. The van der Waals surface area contributed by atoms with Gasteiger partial charge in [-0.25, -0.2) is 0 Å². The quantitative estimate of drug-likeness (QED) is 0.257. The monoisotopic (exact) mass is 529 g/mol. The Hall–Kier alpha value is -1.71. The molecule has 2 aliphatic rings. The van der Waals surface area contributed by atoms with Crippen molar-refractivity contribution in [3.8, 4) is 5.75 Å². The number of carbonyl (C=O) groups is 1. The number of amides is 1. The molecule has 7 nitrogen and oxygen atoms in total. The number of ether oxygens (including phenoxy) is 1. The summed E-state index contributed by atoms with van der Waals surface area (Å²) in [5, 5.41) is 6.47. The number of piperazine rings is 1. The Kier molecular flexibility index (Phi) is 10.5. The van der Waals surface area contributed by atoms with E-state index in [0.29, 0.717) is 13.1 Å². The molecule has 8 heteroatoms. The Morgan fingerprint density at radius 3 is 2.27 bits per heavy atom. The van der Waals surface area contributed by atoms with Crippen LogP contribution in [0.4, 0.5) is 5.69 Å². The van der Waals surface area contributed by atoms with Gasteiger partial charge < -0.3 is 25.2 Å². The van der Waals surface area contributed by atoms with Crippen molar-refractivity contribution in [1.82, 2.24) is 15.5 Å². The second kappa shape index (κ2) is 12.9. The molecule has 0 atom stereocenters. The van der Waals surface area contributed by atoms with Crippen LogP contribution in [0.5, 0.6) is 5.75 Å². The maximum absolute atomic E-state index is 12.2. The topological polar surface area (TPSA) is 69.2 Å². The number of nitrogens with one attached hydrogen (secondary N) is 2. The summed E-state index contributed by atoms with van der Waals surface area (Å²) >= 11 is 0. The van der Waals surface area contributed by atoms with Crippen molar-refractivity contribution in [3.05, 3.63) is 24.3 Å². The van der Waals surface area contributed by atoms with Crippen molar-refractivity contribution in [3.63, 3.8) is 0 Å². The van der Waals surface area contributed by atoms with Crippen LogP contribution in [0.25, 0.3) is 0 Å². The zero-order chi connectivity index (χ0) is 20.5. The number of benzene rings is 1. The van der Waals surface area contributed by atoms with E-state index in [0.717, 1.165) is 50.7 Å². The highest BCUT2D eigenvalue weighted by Crippen LogP contribution is 2.23. The van der Waals surface area contributed by atoms with E-state index in [4.69, 9.17) is 4.74 Å². The molecule has 1 heterocycles. The van der Waals surface area contributed by atoms with Gasteiger partial charge in [0.1, 0.15) is 5.75 Å². The zero-order valence-corrected chi connectivity index (χ0v) is 20.6. The third-order valence-corrected chi connectivity index (χ3v) is 5.91. The minimum absolute atomic E-state index is 0. The number of anilines is 1. The second-order valence-corrected chi connectivity index (χ2v) is 7.77. The predicted octanol–water partition coefficient (Wildman–Crippen LogP) is 2.71. The van der Waals surface area contributed by atoms with Crippen LogP contribution in [0.3, 0.4) is 0 Å². The maximum atomic E-state index is 12.2. The van der Waals surface area contributed by atoms with Crippen molar-refractivity contribution >= 4 is 41.5 Å². The van der Waals surface area contributed by atoms with Gasteiger partial charge in [0.15, 0.2) is 5.96 Å². The van der Waals surface area contributed by atoms with Gasteiger partial charge in [0.25, 0.3) is 0 Å². The Labute approximate surface area is 197 Å². The van der Waals surface area contributed by atoms with Crippen molar-refractivity contribution < 1.29 is 9.53 Å². The summed E-state index contributed by atoms with van der Waals surface area (Å²) < 4.78 is 5.24. The molecular weight excluding hydrogens is 493 g/mol. The molecule has 1 saturated carbocycles. The molecule has 1 aliphatic carbocycles. The number of rotatable bonds is 6. The molecule has 3 rings (SSSR count). The minimum Gasteiger partial charge on any atom is -0.497 e. The van der Waals surface area contributed by atoms with Gasteiger partial charge in [0.2, 0.25) is 5.91 Å². The van der Waals surface area contributed by atoms with Crippen molar-refractivity contribution in [2.24, 2.45) is 10.9 Å². The third kappa shape index (κ3) is 6.92. The van der Waals surface area contributed by atoms with E-state index in [-0.39, 0.29) is 35.8 Å². The van der Waals surface area contributed by atoms with Crippen molar-refractivity contribution in [1.29, 1.82) is 0 Å². The molecule has 2 N–H and O–H groups in total. The van der Waals surface area contributed by atoms with Gasteiger partial charge >= 0.3 is 0 Å². The van der Waals surface area contributed by atoms with E-state index in [9.17, 15) is 4.79 Å². The molecule has 1 aliphatic heterocycles. The molecular formula is C22H36IN5O2. The maximum Gasteiger partial charge on any atom is 0.223 e. The normalized spacial score (nSPS) is 17.9. The van der Waals surface area contributed by atoms with E-state index < -0.39 is 0 Å². The number of methoxy groups -OCH3 is 1. The van der Waals surface area contributed by atoms with E-state index in [2.05, 4.69) is 37.6 Å². The number of guanidine groups is 1. The van der Waals surface area contributed by atoms with Crippen LogP contribution in [0.15, 0.2) is 29.3 Å². The number of nitrogens with zero attached hydrogens (tertiary/aromatic N) is 3. The molecule has 0 aromatic heterocycles. The number of halogens is 1. The molecule has 0 unspecified atom stereocenters. The first-order valence-electron chi connectivity index (χ1n) is 10.8. The lowest BCUT2D eigenvalue weighted by Crippen LogP contribution is -2.53. The van der Waals surface area contributed by atoms with Crippen molar-refractivity contribution in [2.75, 3.05) is 58.3 Å². The average Bonchev–Trinajstić information content (AvgIpc) is 2.80. The average molecular weight is 529 g/mol. The smallest absolute Gasteiger partial charge is 0.223 e. The van der Waals surface area contributed by atoms with Gasteiger partial charge in [-0.15, -0.1) is 24.0 Å². The standard InChI is InChI=1S/C22H35N5O2.HI/c1-23-22(25-13-12-24-21(28)18-6-4-3-5-7-18)27-16-14-26(15-17-27)19-8-10-20(29-2)11-9-19;/h8-11,18H,3-7,12-17H2,1-2H3,(H,23,25)(H,24,28);1H. The Morgan fingerprint density at radius 1 is 1.03 bits per heavy atom. The lowest BCUT2D eigenvalue weighted by atomic mass is 9.89. The number of aliphatic imine (C=N–C) groups is 1. The van der Waals surface area contributed by atoms with Crippen LogP contribution in [-0.2, 0) is 4.79 Å². The van der Waals surface area contributed by atoms with Gasteiger partial charge in [-0.1, -0.05) is 19.3 Å². The summed E-state index contributed by atoms with van der Waals surface area (Å²) in [5.74, 6) is 2.22. The van der Waals surface area contributed by atoms with Gasteiger partial charge in [0, 0.05) is 57.9 Å². The first-order chi connectivity index (χ1) is 14.2. The summed E-state index contributed by atoms with van der Waals surface area (Å²) in [5.41, 5.74) is 1.22. The molecule has 0 spiro atoms. The molecule has 1 aromatic rings. The summed E-state index contributed by atoms with van der Waals surface area (Å²) in [7, 11) is 3.51. The lowest BCUT2D eigenvalue weighted by molar-refractivity contribution is -0.125.